The quantitative estimate of drug-likeness (QED) is 0.269. The monoisotopic (exact) mass is 519 g/mol. The first-order valence-electron chi connectivity index (χ1n) is 11.5. The second kappa shape index (κ2) is 10.0. The Labute approximate surface area is 216 Å². The number of fused-ring (bicyclic) bond motifs is 1. The zero-order valence-electron chi connectivity index (χ0n) is 20.3. The van der Waals surface area contributed by atoms with Crippen LogP contribution >= 0.6 is 11.6 Å². The van der Waals surface area contributed by atoms with Crippen LogP contribution in [0.25, 0.3) is 22.2 Å². The number of aryl methyl sites for hydroxylation is 2. The molecule has 2 N–H and O–H groups in total. The predicted octanol–water partition coefficient (Wildman–Crippen LogP) is 6.09. The third kappa shape index (κ3) is 4.90. The minimum Gasteiger partial charge on any atom is -0.487 e. The van der Waals surface area contributed by atoms with Gasteiger partial charge in [-0.3, -0.25) is 9.89 Å². The Morgan fingerprint density at radius 1 is 1.24 bits per heavy atom. The number of nitrogens with one attached hydrogen (secondary N) is 2. The fourth-order valence-corrected chi connectivity index (χ4v) is 4.55. The van der Waals surface area contributed by atoms with E-state index in [-0.39, 0.29) is 17.4 Å². The number of hydrogen-bond donors (Lipinski definition) is 2. The molecular weight excluding hydrogens is 497 g/mol. The lowest BCUT2D eigenvalue weighted by atomic mass is 10.0. The molecule has 0 saturated carbocycles. The number of rotatable bonds is 7. The number of aromatic amines is 1. The standard InChI is InChI=1S/C27H23ClFN5O3/c1-14-10-31-34-25(14)20-7-15(2)32-26-18(20)5-4-6-23(26)36-12-21-19(8-17(29)9-22(21)28)16(3)33-27(35)24-11-30-13-37-24/h4-11,13,16H,12H2,1-3H3,(H,31,34)(H,33,35)/t16-/m0/s1. The molecule has 1 amide bonds. The van der Waals surface area contributed by atoms with Gasteiger partial charge in [-0.05, 0) is 56.2 Å². The highest BCUT2D eigenvalue weighted by atomic mass is 35.5. The summed E-state index contributed by atoms with van der Waals surface area (Å²) in [5.74, 6) is -0.406. The minimum atomic E-state index is -0.591. The maximum atomic E-state index is 14.3. The summed E-state index contributed by atoms with van der Waals surface area (Å²) in [5.41, 5.74) is 5.41. The van der Waals surface area contributed by atoms with Gasteiger partial charge in [0.25, 0.3) is 5.91 Å². The van der Waals surface area contributed by atoms with Crippen molar-refractivity contribution >= 4 is 28.4 Å². The highest BCUT2D eigenvalue weighted by Crippen LogP contribution is 2.35. The summed E-state index contributed by atoms with van der Waals surface area (Å²) in [6, 6.07) is 9.65. The number of carbonyl (C=O) groups excluding carboxylic acids is 1. The van der Waals surface area contributed by atoms with E-state index in [1.807, 2.05) is 38.1 Å². The summed E-state index contributed by atoms with van der Waals surface area (Å²) in [6.07, 6.45) is 4.24. The first-order chi connectivity index (χ1) is 17.8. The fraction of sp³-hybridized carbons (Fsp3) is 0.185. The van der Waals surface area contributed by atoms with Crippen molar-refractivity contribution < 1.29 is 18.3 Å². The normalized spacial score (nSPS) is 12.0. The minimum absolute atomic E-state index is 0.0319. The molecule has 0 aliphatic carbocycles. The predicted molar refractivity (Wildman–Crippen MR) is 137 cm³/mol. The Hall–Kier alpha value is -4.24. The molecule has 0 aliphatic heterocycles. The smallest absolute Gasteiger partial charge is 0.289 e. The van der Waals surface area contributed by atoms with Crippen LogP contribution < -0.4 is 10.1 Å². The van der Waals surface area contributed by atoms with Gasteiger partial charge in [0.05, 0.1) is 29.2 Å². The molecule has 5 rings (SSSR count). The largest absolute Gasteiger partial charge is 0.487 e. The van der Waals surface area contributed by atoms with Crippen molar-refractivity contribution in [2.24, 2.45) is 0 Å². The van der Waals surface area contributed by atoms with Crippen LogP contribution in [0.2, 0.25) is 5.02 Å². The molecule has 0 spiro atoms. The Bertz CT molecular complexity index is 1600. The molecule has 37 heavy (non-hydrogen) atoms. The molecule has 1 atom stereocenters. The van der Waals surface area contributed by atoms with Crippen LogP contribution in [0.4, 0.5) is 4.39 Å². The number of amides is 1. The van der Waals surface area contributed by atoms with E-state index in [1.165, 1.54) is 18.3 Å². The summed E-state index contributed by atoms with van der Waals surface area (Å²) in [5, 5.41) is 11.1. The van der Waals surface area contributed by atoms with Crippen molar-refractivity contribution in [3.05, 3.63) is 94.2 Å². The molecule has 3 aromatic heterocycles. The summed E-state index contributed by atoms with van der Waals surface area (Å²) in [6.45, 7) is 5.66. The number of para-hydroxylation sites is 1. The zero-order valence-corrected chi connectivity index (χ0v) is 21.1. The SMILES string of the molecule is Cc1cc(-c2[nH]ncc2C)c2cccc(OCc3c(Cl)cc(F)cc3[C@H](C)NC(=O)c3cnco3)c2n1. The average molecular weight is 520 g/mol. The lowest BCUT2D eigenvalue weighted by Gasteiger charge is -2.20. The first kappa shape index (κ1) is 24.5. The molecule has 8 nitrogen and oxygen atoms in total. The van der Waals surface area contributed by atoms with Crippen LogP contribution in [0.15, 0.2) is 59.6 Å². The first-order valence-corrected chi connectivity index (χ1v) is 11.9. The van der Waals surface area contributed by atoms with Gasteiger partial charge in [-0.25, -0.2) is 14.4 Å². The summed E-state index contributed by atoms with van der Waals surface area (Å²) in [7, 11) is 0. The number of H-pyrrole nitrogens is 1. The molecule has 3 heterocycles. The van der Waals surface area contributed by atoms with E-state index in [1.54, 1.807) is 13.1 Å². The number of pyridine rings is 1. The van der Waals surface area contributed by atoms with Crippen LogP contribution in [-0.4, -0.2) is 26.1 Å². The number of halogens is 2. The molecule has 0 fully saturated rings. The van der Waals surface area contributed by atoms with Gasteiger partial charge in [-0.2, -0.15) is 5.10 Å². The third-order valence-corrected chi connectivity index (χ3v) is 6.40. The van der Waals surface area contributed by atoms with Crippen molar-refractivity contribution in [1.29, 1.82) is 0 Å². The van der Waals surface area contributed by atoms with Crippen LogP contribution in [0.5, 0.6) is 5.75 Å². The lowest BCUT2D eigenvalue weighted by molar-refractivity contribution is 0.0911. The number of benzene rings is 2. The van der Waals surface area contributed by atoms with Crippen LogP contribution in [0.3, 0.4) is 0 Å². The van der Waals surface area contributed by atoms with Crippen molar-refractivity contribution in [2.75, 3.05) is 0 Å². The van der Waals surface area contributed by atoms with E-state index in [2.05, 4.69) is 20.5 Å². The Morgan fingerprint density at radius 3 is 2.81 bits per heavy atom. The van der Waals surface area contributed by atoms with Gasteiger partial charge < -0.3 is 14.5 Å². The van der Waals surface area contributed by atoms with Gasteiger partial charge in [0.1, 0.15) is 23.7 Å². The number of hydrogen-bond acceptors (Lipinski definition) is 6. The maximum Gasteiger partial charge on any atom is 0.289 e. The van der Waals surface area contributed by atoms with Gasteiger partial charge >= 0.3 is 0 Å². The summed E-state index contributed by atoms with van der Waals surface area (Å²) < 4.78 is 25.6. The van der Waals surface area contributed by atoms with E-state index < -0.39 is 17.8 Å². The van der Waals surface area contributed by atoms with Crippen LogP contribution in [0, 0.1) is 19.7 Å². The Balaban J connectivity index is 1.48. The van der Waals surface area contributed by atoms with Crippen molar-refractivity contribution in [2.45, 2.75) is 33.4 Å². The maximum absolute atomic E-state index is 14.3. The molecule has 0 unspecified atom stereocenters. The molecule has 188 valence electrons. The lowest BCUT2D eigenvalue weighted by Crippen LogP contribution is -2.27. The number of nitrogens with zero attached hydrogens (tertiary/aromatic N) is 3. The second-order valence-corrected chi connectivity index (χ2v) is 9.10. The number of carbonyl (C=O) groups is 1. The van der Waals surface area contributed by atoms with Gasteiger partial charge in [0.2, 0.25) is 5.76 Å². The molecule has 0 aliphatic rings. The highest BCUT2D eigenvalue weighted by molar-refractivity contribution is 6.31. The highest BCUT2D eigenvalue weighted by Gasteiger charge is 2.21. The van der Waals surface area contributed by atoms with Gasteiger partial charge in [-0.1, -0.05) is 23.7 Å². The Kier molecular flexibility index (Phi) is 6.62. The number of aromatic nitrogens is 4. The number of ether oxygens (including phenoxy) is 1. The molecule has 10 heteroatoms. The zero-order chi connectivity index (χ0) is 26.1. The molecule has 0 bridgehead atoms. The topological polar surface area (TPSA) is 106 Å². The van der Waals surface area contributed by atoms with E-state index in [4.69, 9.17) is 25.7 Å². The summed E-state index contributed by atoms with van der Waals surface area (Å²) in [4.78, 5) is 20.9. The van der Waals surface area contributed by atoms with E-state index in [0.717, 1.165) is 34.3 Å². The van der Waals surface area contributed by atoms with Crippen molar-refractivity contribution in [3.63, 3.8) is 0 Å². The molecular formula is C27H23ClFN5O3. The Morgan fingerprint density at radius 2 is 2.08 bits per heavy atom. The van der Waals surface area contributed by atoms with E-state index >= 15 is 0 Å². The van der Waals surface area contributed by atoms with Gasteiger partial charge in [0.15, 0.2) is 6.39 Å². The number of oxazole rings is 1. The van der Waals surface area contributed by atoms with Crippen molar-refractivity contribution in [3.8, 4) is 17.0 Å². The van der Waals surface area contributed by atoms with Gasteiger partial charge in [-0.15, -0.1) is 0 Å². The summed E-state index contributed by atoms with van der Waals surface area (Å²) >= 11 is 6.45. The van der Waals surface area contributed by atoms with E-state index in [9.17, 15) is 9.18 Å². The third-order valence-electron chi connectivity index (χ3n) is 6.07. The fourth-order valence-electron chi connectivity index (χ4n) is 4.28. The van der Waals surface area contributed by atoms with Crippen LogP contribution in [0.1, 0.15) is 45.9 Å². The van der Waals surface area contributed by atoms with Crippen LogP contribution in [-0.2, 0) is 6.61 Å². The second-order valence-electron chi connectivity index (χ2n) is 8.70. The van der Waals surface area contributed by atoms with Crippen molar-refractivity contribution in [1.82, 2.24) is 25.5 Å². The van der Waals surface area contributed by atoms with Gasteiger partial charge in [0, 0.05) is 22.2 Å². The molecule has 5 aromatic rings. The molecule has 0 radical (unpaired) electrons. The van der Waals surface area contributed by atoms with E-state index in [0.29, 0.717) is 22.4 Å². The molecule has 0 saturated heterocycles. The molecule has 2 aromatic carbocycles. The average Bonchev–Trinajstić information content (AvgIpc) is 3.55.